The Morgan fingerprint density at radius 1 is 0.968 bits per heavy atom. The maximum atomic E-state index is 11.3. The molecular formula is C24H23N3O3S. The third-order valence-electron chi connectivity index (χ3n) is 4.86. The molecule has 0 bridgehead atoms. The summed E-state index contributed by atoms with van der Waals surface area (Å²) in [6, 6.07) is 19.3. The molecule has 0 aliphatic rings. The number of carboxylic acids is 1. The van der Waals surface area contributed by atoms with Crippen molar-refractivity contribution in [3.63, 3.8) is 0 Å². The minimum absolute atomic E-state index is 0.0563. The first-order chi connectivity index (χ1) is 14.7. The van der Waals surface area contributed by atoms with Crippen LogP contribution in [0.15, 0.2) is 70.5 Å². The van der Waals surface area contributed by atoms with Gasteiger partial charge in [0, 0.05) is 15.4 Å². The summed E-state index contributed by atoms with van der Waals surface area (Å²) in [5.41, 5.74) is 2.63. The highest BCUT2D eigenvalue weighted by atomic mass is 32.2. The van der Waals surface area contributed by atoms with E-state index in [0.717, 1.165) is 9.79 Å². The molecule has 0 fully saturated rings. The molecule has 0 saturated heterocycles. The van der Waals surface area contributed by atoms with Crippen LogP contribution in [0.2, 0.25) is 0 Å². The number of hydrogen-bond acceptors (Lipinski definition) is 5. The average molecular weight is 434 g/mol. The Hall–Kier alpha value is -3.32. The molecule has 1 heterocycles. The van der Waals surface area contributed by atoms with Crippen LogP contribution in [0, 0.1) is 0 Å². The summed E-state index contributed by atoms with van der Waals surface area (Å²) in [5, 5.41) is 29.3. The third-order valence-corrected chi connectivity index (χ3v) is 5.86. The van der Waals surface area contributed by atoms with E-state index in [1.165, 1.54) is 4.80 Å². The van der Waals surface area contributed by atoms with Crippen molar-refractivity contribution in [2.75, 3.05) is 0 Å². The van der Waals surface area contributed by atoms with Gasteiger partial charge in [-0.05, 0) is 47.4 Å². The zero-order valence-electron chi connectivity index (χ0n) is 17.5. The lowest BCUT2D eigenvalue weighted by molar-refractivity contribution is -0.136. The molecule has 31 heavy (non-hydrogen) atoms. The van der Waals surface area contributed by atoms with Crippen molar-refractivity contribution in [2.45, 2.75) is 42.4 Å². The van der Waals surface area contributed by atoms with E-state index >= 15 is 0 Å². The van der Waals surface area contributed by atoms with E-state index in [-0.39, 0.29) is 17.6 Å². The van der Waals surface area contributed by atoms with E-state index in [0.29, 0.717) is 27.8 Å². The van der Waals surface area contributed by atoms with Gasteiger partial charge in [0.05, 0.1) is 6.42 Å². The molecule has 4 rings (SSSR count). The van der Waals surface area contributed by atoms with Crippen molar-refractivity contribution in [3.05, 3.63) is 71.8 Å². The second kappa shape index (κ2) is 8.07. The highest BCUT2D eigenvalue weighted by molar-refractivity contribution is 7.99. The van der Waals surface area contributed by atoms with Crippen molar-refractivity contribution in [1.29, 1.82) is 0 Å². The summed E-state index contributed by atoms with van der Waals surface area (Å²) in [4.78, 5) is 14.8. The highest BCUT2D eigenvalue weighted by Crippen LogP contribution is 2.37. The zero-order valence-corrected chi connectivity index (χ0v) is 18.3. The lowest BCUT2D eigenvalue weighted by Crippen LogP contribution is -2.15. The van der Waals surface area contributed by atoms with Gasteiger partial charge in [-0.1, -0.05) is 56.8 Å². The Labute approximate surface area is 184 Å². The van der Waals surface area contributed by atoms with Crippen LogP contribution < -0.4 is 0 Å². The molecular weight excluding hydrogens is 410 g/mol. The molecule has 0 aliphatic carbocycles. The molecule has 0 unspecified atom stereocenters. The van der Waals surface area contributed by atoms with Crippen LogP contribution in [0.4, 0.5) is 0 Å². The molecule has 0 atom stereocenters. The van der Waals surface area contributed by atoms with E-state index in [2.05, 4.69) is 10.2 Å². The minimum atomic E-state index is -0.933. The van der Waals surface area contributed by atoms with E-state index in [4.69, 9.17) is 0 Å². The summed E-state index contributed by atoms with van der Waals surface area (Å²) in [6.07, 6.45) is -0.144. The van der Waals surface area contributed by atoms with Crippen molar-refractivity contribution in [3.8, 4) is 11.4 Å². The lowest BCUT2D eigenvalue weighted by Gasteiger charge is -2.22. The summed E-state index contributed by atoms with van der Waals surface area (Å²) in [5.74, 6) is -0.876. The van der Waals surface area contributed by atoms with Gasteiger partial charge in [0.1, 0.15) is 22.5 Å². The van der Waals surface area contributed by atoms with Crippen LogP contribution >= 0.6 is 11.8 Å². The van der Waals surface area contributed by atoms with Gasteiger partial charge in [-0.2, -0.15) is 0 Å². The molecule has 0 amide bonds. The normalized spacial score (nSPS) is 11.7. The van der Waals surface area contributed by atoms with Crippen LogP contribution in [0.3, 0.4) is 0 Å². The van der Waals surface area contributed by atoms with Crippen molar-refractivity contribution in [2.24, 2.45) is 0 Å². The molecule has 3 aromatic carbocycles. The topological polar surface area (TPSA) is 88.2 Å². The number of carboxylic acid groups (broad SMARTS) is 1. The number of carbonyl (C=O) groups is 1. The van der Waals surface area contributed by atoms with E-state index in [1.54, 1.807) is 23.9 Å². The predicted octanol–water partition coefficient (Wildman–Crippen LogP) is 5.20. The number of benzene rings is 3. The quantitative estimate of drug-likeness (QED) is 0.450. The van der Waals surface area contributed by atoms with Crippen molar-refractivity contribution in [1.82, 2.24) is 15.0 Å². The first-order valence-corrected chi connectivity index (χ1v) is 10.7. The Bertz CT molecular complexity index is 1260. The number of phenols is 1. The van der Waals surface area contributed by atoms with Gasteiger partial charge in [0.2, 0.25) is 0 Å². The Morgan fingerprint density at radius 3 is 2.35 bits per heavy atom. The number of nitrogens with zero attached hydrogens (tertiary/aromatic N) is 3. The third kappa shape index (κ3) is 4.56. The Balaban J connectivity index is 1.78. The molecule has 0 saturated carbocycles. The monoisotopic (exact) mass is 433 g/mol. The Kier molecular flexibility index (Phi) is 5.45. The highest BCUT2D eigenvalue weighted by Gasteiger charge is 2.23. The van der Waals surface area contributed by atoms with Crippen LogP contribution in [0.1, 0.15) is 31.9 Å². The molecule has 0 aliphatic heterocycles. The van der Waals surface area contributed by atoms with E-state index in [9.17, 15) is 15.0 Å². The van der Waals surface area contributed by atoms with E-state index in [1.807, 2.05) is 69.3 Å². The number of phenolic OH excluding ortho intramolecular Hbond substituents is 1. The van der Waals surface area contributed by atoms with E-state index < -0.39 is 5.97 Å². The number of aliphatic carboxylic acids is 1. The number of rotatable bonds is 5. The van der Waals surface area contributed by atoms with Gasteiger partial charge < -0.3 is 10.2 Å². The average Bonchev–Trinajstić information content (AvgIpc) is 3.12. The second-order valence-corrected chi connectivity index (χ2v) is 9.53. The van der Waals surface area contributed by atoms with Crippen LogP contribution in [-0.4, -0.2) is 31.2 Å². The summed E-state index contributed by atoms with van der Waals surface area (Å²) in [7, 11) is 0. The summed E-state index contributed by atoms with van der Waals surface area (Å²) < 4.78 is 0. The molecule has 7 heteroatoms. The van der Waals surface area contributed by atoms with Gasteiger partial charge in [-0.15, -0.1) is 15.0 Å². The van der Waals surface area contributed by atoms with Gasteiger partial charge in [0.25, 0.3) is 0 Å². The fourth-order valence-corrected chi connectivity index (χ4v) is 4.24. The number of hydrogen-bond donors (Lipinski definition) is 2. The molecule has 1 aromatic heterocycles. The standard InChI is InChI=1S/C24H23N3O3S/c1-24(2,3)18-11-15(13-22(28)29)12-21(23(18)30)27-25-19-10-9-17(14-20(19)26-27)31-16-7-5-4-6-8-16/h4-12,14,30H,13H2,1-3H3,(H,28,29). The zero-order chi connectivity index (χ0) is 22.2. The molecule has 158 valence electrons. The Morgan fingerprint density at radius 2 is 1.68 bits per heavy atom. The predicted molar refractivity (Wildman–Crippen MR) is 121 cm³/mol. The van der Waals surface area contributed by atoms with Crippen molar-refractivity contribution < 1.29 is 15.0 Å². The number of aromatic hydroxyl groups is 1. The van der Waals surface area contributed by atoms with Gasteiger partial charge in [-0.25, -0.2) is 0 Å². The summed E-state index contributed by atoms with van der Waals surface area (Å²) in [6.45, 7) is 5.91. The van der Waals surface area contributed by atoms with Crippen molar-refractivity contribution >= 4 is 28.8 Å². The second-order valence-electron chi connectivity index (χ2n) is 8.39. The molecule has 4 aromatic rings. The van der Waals surface area contributed by atoms with Gasteiger partial charge in [-0.3, -0.25) is 4.79 Å². The fourth-order valence-electron chi connectivity index (χ4n) is 3.37. The van der Waals surface area contributed by atoms with Crippen LogP contribution in [0.25, 0.3) is 16.7 Å². The number of aromatic nitrogens is 3. The SMILES string of the molecule is CC(C)(C)c1cc(CC(=O)O)cc(-n2nc3ccc(Sc4ccccc4)cc3n2)c1O. The largest absolute Gasteiger partial charge is 0.505 e. The molecule has 0 radical (unpaired) electrons. The first-order valence-electron chi connectivity index (χ1n) is 9.89. The lowest BCUT2D eigenvalue weighted by atomic mass is 9.84. The number of fused-ring (bicyclic) bond motifs is 1. The van der Waals surface area contributed by atoms with Gasteiger partial charge >= 0.3 is 5.97 Å². The molecule has 0 spiro atoms. The smallest absolute Gasteiger partial charge is 0.307 e. The van der Waals surface area contributed by atoms with Gasteiger partial charge in [0.15, 0.2) is 0 Å². The molecule has 2 N–H and O–H groups in total. The first kappa shape index (κ1) is 20.9. The van der Waals surface area contributed by atoms with Crippen LogP contribution in [-0.2, 0) is 16.6 Å². The summed E-state index contributed by atoms with van der Waals surface area (Å²) >= 11 is 1.63. The van der Waals surface area contributed by atoms with Crippen LogP contribution in [0.5, 0.6) is 5.75 Å². The maximum Gasteiger partial charge on any atom is 0.307 e. The minimum Gasteiger partial charge on any atom is -0.505 e. The fraction of sp³-hybridized carbons (Fsp3) is 0.208. The maximum absolute atomic E-state index is 11.3. The molecule has 6 nitrogen and oxygen atoms in total.